The molecule has 2 saturated heterocycles. The van der Waals surface area contributed by atoms with Crippen LogP contribution in [-0.2, 0) is 4.79 Å². The summed E-state index contributed by atoms with van der Waals surface area (Å²) in [5.41, 5.74) is 5.61. The van der Waals surface area contributed by atoms with Gasteiger partial charge in [-0.25, -0.2) is 0 Å². The van der Waals surface area contributed by atoms with Crippen molar-refractivity contribution in [3.05, 3.63) is 0 Å². The van der Waals surface area contributed by atoms with E-state index in [1.807, 2.05) is 0 Å². The smallest absolute Gasteiger partial charge is 0.230 e. The van der Waals surface area contributed by atoms with Crippen molar-refractivity contribution >= 4 is 5.91 Å². The van der Waals surface area contributed by atoms with Crippen molar-refractivity contribution in [1.82, 2.24) is 9.80 Å². The van der Waals surface area contributed by atoms with Crippen LogP contribution < -0.4 is 5.73 Å². The summed E-state index contributed by atoms with van der Waals surface area (Å²) in [7, 11) is 0. The van der Waals surface area contributed by atoms with Crippen molar-refractivity contribution in [1.29, 1.82) is 0 Å². The van der Waals surface area contributed by atoms with Crippen molar-refractivity contribution in [2.75, 3.05) is 32.7 Å². The van der Waals surface area contributed by atoms with Gasteiger partial charge >= 0.3 is 0 Å². The third-order valence-corrected chi connectivity index (χ3v) is 4.79. The molecule has 3 aliphatic rings. The highest BCUT2D eigenvalue weighted by atomic mass is 16.2. The van der Waals surface area contributed by atoms with Crippen LogP contribution in [0.25, 0.3) is 0 Å². The lowest BCUT2D eigenvalue weighted by Crippen LogP contribution is -2.44. The lowest BCUT2D eigenvalue weighted by Gasteiger charge is -2.28. The Morgan fingerprint density at radius 2 is 2.00 bits per heavy atom. The fourth-order valence-corrected chi connectivity index (χ4v) is 3.38. The van der Waals surface area contributed by atoms with Crippen LogP contribution in [-0.4, -0.2) is 54.5 Å². The third kappa shape index (κ3) is 1.97. The van der Waals surface area contributed by atoms with Gasteiger partial charge in [0.1, 0.15) is 0 Å². The normalized spacial score (nSPS) is 32.1. The minimum Gasteiger partial charge on any atom is -0.341 e. The molecule has 1 aliphatic carbocycles. The first-order valence-corrected chi connectivity index (χ1v) is 6.99. The molecule has 1 amide bonds. The zero-order valence-corrected chi connectivity index (χ0v) is 10.5. The van der Waals surface area contributed by atoms with Gasteiger partial charge in [-0.1, -0.05) is 0 Å². The number of nitrogens with two attached hydrogens (primary N) is 1. The molecular weight excluding hydrogens is 214 g/mol. The van der Waals surface area contributed by atoms with Gasteiger partial charge in [-0.2, -0.15) is 0 Å². The largest absolute Gasteiger partial charge is 0.341 e. The monoisotopic (exact) mass is 237 g/mol. The molecule has 1 saturated carbocycles. The molecule has 1 atom stereocenters. The maximum atomic E-state index is 12.5. The van der Waals surface area contributed by atoms with Gasteiger partial charge in [-0.15, -0.1) is 0 Å². The van der Waals surface area contributed by atoms with Crippen LogP contribution >= 0.6 is 0 Å². The second-order valence-electron chi connectivity index (χ2n) is 5.92. The van der Waals surface area contributed by atoms with Crippen molar-refractivity contribution in [3.8, 4) is 0 Å². The van der Waals surface area contributed by atoms with E-state index in [2.05, 4.69) is 9.80 Å². The highest BCUT2D eigenvalue weighted by Gasteiger charge is 2.51. The maximum absolute atomic E-state index is 12.5. The number of nitrogens with zero attached hydrogens (tertiary/aromatic N) is 2. The average Bonchev–Trinajstić information content (AvgIpc) is 3.08. The molecule has 0 aromatic rings. The first kappa shape index (κ1) is 11.5. The Kier molecular flexibility index (Phi) is 2.87. The Labute approximate surface area is 103 Å². The van der Waals surface area contributed by atoms with Crippen LogP contribution in [0.2, 0.25) is 0 Å². The lowest BCUT2D eigenvalue weighted by molar-refractivity contribution is -0.136. The zero-order valence-electron chi connectivity index (χ0n) is 10.5. The summed E-state index contributed by atoms with van der Waals surface area (Å²) in [5.74, 6) is 0.341. The van der Waals surface area contributed by atoms with E-state index in [-0.39, 0.29) is 5.41 Å². The molecule has 3 rings (SSSR count). The highest BCUT2D eigenvalue weighted by molar-refractivity contribution is 5.85. The molecule has 3 fully saturated rings. The van der Waals surface area contributed by atoms with E-state index in [1.165, 1.54) is 25.9 Å². The van der Waals surface area contributed by atoms with E-state index in [4.69, 9.17) is 5.73 Å². The maximum Gasteiger partial charge on any atom is 0.230 e. The Morgan fingerprint density at radius 3 is 2.71 bits per heavy atom. The summed E-state index contributed by atoms with van der Waals surface area (Å²) >= 11 is 0. The molecule has 0 radical (unpaired) electrons. The molecule has 0 aromatic heterocycles. The molecule has 4 nitrogen and oxygen atoms in total. The van der Waals surface area contributed by atoms with Gasteiger partial charge < -0.3 is 10.6 Å². The molecule has 2 aliphatic heterocycles. The van der Waals surface area contributed by atoms with Gasteiger partial charge in [0.2, 0.25) is 5.91 Å². The molecule has 0 spiro atoms. The Morgan fingerprint density at radius 1 is 1.24 bits per heavy atom. The number of amides is 1. The number of rotatable bonds is 2. The van der Waals surface area contributed by atoms with Gasteiger partial charge in [0.15, 0.2) is 0 Å². The molecule has 0 bridgehead atoms. The molecule has 1 unspecified atom stereocenters. The fourth-order valence-electron chi connectivity index (χ4n) is 3.38. The van der Waals surface area contributed by atoms with Crippen LogP contribution in [0.5, 0.6) is 0 Å². The summed E-state index contributed by atoms with van der Waals surface area (Å²) in [4.78, 5) is 17.2. The summed E-state index contributed by atoms with van der Waals surface area (Å²) in [6.45, 7) is 4.82. The SMILES string of the molecule is NCC1(C(=O)N2CCCN3CCCC3C2)CC1. The minimum atomic E-state index is -0.159. The minimum absolute atomic E-state index is 0.159. The summed E-state index contributed by atoms with van der Waals surface area (Å²) in [6.07, 6.45) is 5.71. The standard InChI is InChI=1S/C13H23N3O/c14-10-13(4-5-13)12(17)16-8-2-7-15-6-1-3-11(15)9-16/h11H,1-10,14H2. The molecule has 96 valence electrons. The first-order valence-electron chi connectivity index (χ1n) is 6.99. The predicted octanol–water partition coefficient (Wildman–Crippen LogP) is 0.422. The number of fused-ring (bicyclic) bond motifs is 1. The van der Waals surface area contributed by atoms with Crippen LogP contribution in [0, 0.1) is 5.41 Å². The Hall–Kier alpha value is -0.610. The number of hydrogen-bond acceptors (Lipinski definition) is 3. The van der Waals surface area contributed by atoms with Gasteiger partial charge in [-0.05, 0) is 38.6 Å². The number of carbonyl (C=O) groups excluding carboxylic acids is 1. The number of hydrogen-bond donors (Lipinski definition) is 1. The van der Waals surface area contributed by atoms with Crippen molar-refractivity contribution < 1.29 is 4.79 Å². The predicted molar refractivity (Wildman–Crippen MR) is 66.5 cm³/mol. The average molecular weight is 237 g/mol. The van der Waals surface area contributed by atoms with Gasteiger partial charge in [0.25, 0.3) is 0 Å². The fraction of sp³-hybridized carbons (Fsp3) is 0.923. The summed E-state index contributed by atoms with van der Waals surface area (Å²) < 4.78 is 0. The van der Waals surface area contributed by atoms with Crippen LogP contribution in [0.1, 0.15) is 32.1 Å². The highest BCUT2D eigenvalue weighted by Crippen LogP contribution is 2.46. The molecular formula is C13H23N3O. The van der Waals surface area contributed by atoms with E-state index < -0.39 is 0 Å². The molecule has 0 aromatic carbocycles. The van der Waals surface area contributed by atoms with Crippen molar-refractivity contribution in [2.24, 2.45) is 11.1 Å². The van der Waals surface area contributed by atoms with Crippen LogP contribution in [0.3, 0.4) is 0 Å². The van der Waals surface area contributed by atoms with Gasteiger partial charge in [0, 0.05) is 32.2 Å². The van der Waals surface area contributed by atoms with Crippen LogP contribution in [0.15, 0.2) is 0 Å². The topological polar surface area (TPSA) is 49.6 Å². The van der Waals surface area contributed by atoms with E-state index >= 15 is 0 Å². The first-order chi connectivity index (χ1) is 8.25. The number of carbonyl (C=O) groups is 1. The third-order valence-electron chi connectivity index (χ3n) is 4.79. The molecule has 4 heteroatoms. The van der Waals surface area contributed by atoms with E-state index in [9.17, 15) is 4.79 Å². The summed E-state index contributed by atoms with van der Waals surface area (Å²) in [5, 5.41) is 0. The Bertz CT molecular complexity index is 314. The van der Waals surface area contributed by atoms with Gasteiger partial charge in [0.05, 0.1) is 5.41 Å². The van der Waals surface area contributed by atoms with E-state index in [0.29, 0.717) is 18.5 Å². The van der Waals surface area contributed by atoms with Crippen molar-refractivity contribution in [2.45, 2.75) is 38.1 Å². The van der Waals surface area contributed by atoms with E-state index in [1.54, 1.807) is 0 Å². The summed E-state index contributed by atoms with van der Waals surface area (Å²) in [6, 6.07) is 0.620. The lowest BCUT2D eigenvalue weighted by atomic mass is 10.1. The molecule has 2 N–H and O–H groups in total. The van der Waals surface area contributed by atoms with E-state index in [0.717, 1.165) is 32.4 Å². The molecule has 17 heavy (non-hydrogen) atoms. The van der Waals surface area contributed by atoms with Crippen molar-refractivity contribution in [3.63, 3.8) is 0 Å². The second-order valence-corrected chi connectivity index (χ2v) is 5.92. The molecule has 2 heterocycles. The zero-order chi connectivity index (χ0) is 11.9. The Balaban J connectivity index is 1.68. The van der Waals surface area contributed by atoms with Crippen LogP contribution in [0.4, 0.5) is 0 Å². The van der Waals surface area contributed by atoms with Gasteiger partial charge in [-0.3, -0.25) is 9.69 Å². The second kappa shape index (κ2) is 4.25. The quantitative estimate of drug-likeness (QED) is 0.757.